The molecule has 0 radical (unpaired) electrons. The van der Waals surface area contributed by atoms with Crippen molar-refractivity contribution in [1.82, 2.24) is 4.31 Å². The number of benzene rings is 2. The van der Waals surface area contributed by atoms with Crippen molar-refractivity contribution >= 4 is 21.7 Å². The fourth-order valence-electron chi connectivity index (χ4n) is 2.72. The van der Waals surface area contributed by atoms with Crippen LogP contribution in [0, 0.1) is 10.1 Å². The molecule has 2 aromatic carbocycles. The average Bonchev–Trinajstić information content (AvgIpc) is 2.77. The van der Waals surface area contributed by atoms with E-state index in [1.54, 1.807) is 0 Å². The van der Waals surface area contributed by atoms with Gasteiger partial charge in [-0.15, -0.1) is 0 Å². The molecule has 12 heteroatoms. The molecule has 0 spiro atoms. The standard InChI is InChI=1S/C19H22N2O9S/c1-20(31(26,27)16-10-6-14(7-11-16)21(24)25)17(19(23)29-3)18(22)13-4-8-15(9-5-13)30-12-28-2/h4-11,17-18,22H,12H2,1-3H3/t17-,18+/m1/s1. The number of nitro benzene ring substituents is 1. The summed E-state index contributed by atoms with van der Waals surface area (Å²) < 4.78 is 41.4. The third kappa shape index (κ3) is 5.55. The molecule has 11 nitrogen and oxygen atoms in total. The molecule has 2 aromatic rings. The Hall–Kier alpha value is -3.06. The molecule has 0 saturated carbocycles. The Morgan fingerprint density at radius 1 is 1.13 bits per heavy atom. The van der Waals surface area contributed by atoms with Gasteiger partial charge in [-0.25, -0.2) is 8.42 Å². The van der Waals surface area contributed by atoms with Crippen LogP contribution in [0.1, 0.15) is 11.7 Å². The highest BCUT2D eigenvalue weighted by Gasteiger charge is 2.39. The van der Waals surface area contributed by atoms with Gasteiger partial charge >= 0.3 is 5.97 Å². The second-order valence-corrected chi connectivity index (χ2v) is 8.30. The SMILES string of the molecule is COCOc1ccc([C@H](O)[C@H](C(=O)OC)N(C)S(=O)(=O)c2ccc([N+](=O)[O-])cc2)cc1. The minimum absolute atomic E-state index is 0.0168. The maximum atomic E-state index is 13.0. The highest BCUT2D eigenvalue weighted by atomic mass is 32.2. The van der Waals surface area contributed by atoms with E-state index in [-0.39, 0.29) is 22.9 Å². The number of esters is 1. The van der Waals surface area contributed by atoms with Crippen molar-refractivity contribution < 1.29 is 37.5 Å². The van der Waals surface area contributed by atoms with Crippen LogP contribution in [0.25, 0.3) is 0 Å². The molecule has 0 amide bonds. The topological polar surface area (TPSA) is 146 Å². The van der Waals surface area contributed by atoms with E-state index in [4.69, 9.17) is 14.2 Å². The quantitative estimate of drug-likeness (QED) is 0.244. The number of nitro groups is 1. The van der Waals surface area contributed by atoms with E-state index in [0.29, 0.717) is 10.1 Å². The lowest BCUT2D eigenvalue weighted by atomic mass is 10.0. The van der Waals surface area contributed by atoms with Gasteiger partial charge in [0.2, 0.25) is 10.0 Å². The average molecular weight is 454 g/mol. The molecule has 0 aliphatic carbocycles. The first kappa shape index (κ1) is 24.2. The first-order valence-corrected chi connectivity index (χ1v) is 10.3. The number of non-ortho nitro benzene ring substituents is 1. The summed E-state index contributed by atoms with van der Waals surface area (Å²) in [6, 6.07) is 8.53. The molecule has 2 rings (SSSR count). The Bertz CT molecular complexity index is 1010. The Morgan fingerprint density at radius 2 is 1.71 bits per heavy atom. The summed E-state index contributed by atoms with van der Waals surface area (Å²) in [7, 11) is -0.667. The minimum Gasteiger partial charge on any atom is -0.468 e. The van der Waals surface area contributed by atoms with Gasteiger partial charge in [0.25, 0.3) is 5.69 Å². The van der Waals surface area contributed by atoms with Gasteiger partial charge in [0, 0.05) is 26.3 Å². The number of likely N-dealkylation sites (N-methyl/N-ethyl adjacent to an activating group) is 1. The third-order valence-electron chi connectivity index (χ3n) is 4.42. The smallest absolute Gasteiger partial charge is 0.327 e. The molecule has 0 saturated heterocycles. The zero-order valence-electron chi connectivity index (χ0n) is 17.0. The summed E-state index contributed by atoms with van der Waals surface area (Å²) >= 11 is 0. The van der Waals surface area contributed by atoms with E-state index in [2.05, 4.69) is 0 Å². The van der Waals surface area contributed by atoms with Crippen molar-refractivity contribution in [3.8, 4) is 5.75 Å². The fraction of sp³-hybridized carbons (Fsp3) is 0.316. The molecule has 0 aromatic heterocycles. The summed E-state index contributed by atoms with van der Waals surface area (Å²) in [5, 5.41) is 21.6. The van der Waals surface area contributed by atoms with Gasteiger partial charge in [-0.2, -0.15) is 4.31 Å². The van der Waals surface area contributed by atoms with E-state index in [1.165, 1.54) is 31.4 Å². The van der Waals surface area contributed by atoms with E-state index in [1.807, 2.05) is 0 Å². The summed E-state index contributed by atoms with van der Waals surface area (Å²) in [6.07, 6.45) is -1.57. The molecule has 0 heterocycles. The molecular formula is C19H22N2O9S. The molecule has 0 unspecified atom stereocenters. The van der Waals surface area contributed by atoms with Crippen LogP contribution in [-0.2, 0) is 24.3 Å². The zero-order chi connectivity index (χ0) is 23.2. The second-order valence-electron chi connectivity index (χ2n) is 6.30. The lowest BCUT2D eigenvalue weighted by Gasteiger charge is -2.29. The molecular weight excluding hydrogens is 432 g/mol. The molecule has 31 heavy (non-hydrogen) atoms. The van der Waals surface area contributed by atoms with Gasteiger partial charge < -0.3 is 19.3 Å². The van der Waals surface area contributed by atoms with Crippen LogP contribution in [0.15, 0.2) is 53.4 Å². The number of rotatable bonds is 10. The van der Waals surface area contributed by atoms with Gasteiger partial charge in [0.1, 0.15) is 11.9 Å². The summed E-state index contributed by atoms with van der Waals surface area (Å²) in [5.74, 6) is -0.542. The van der Waals surface area contributed by atoms with Gasteiger partial charge in [0.05, 0.1) is 16.9 Å². The molecule has 2 atom stereocenters. The first-order valence-electron chi connectivity index (χ1n) is 8.83. The molecule has 0 bridgehead atoms. The Morgan fingerprint density at radius 3 is 2.19 bits per heavy atom. The van der Waals surface area contributed by atoms with Crippen LogP contribution in [0.5, 0.6) is 5.75 Å². The Balaban J connectivity index is 2.35. The lowest BCUT2D eigenvalue weighted by Crippen LogP contribution is -2.46. The lowest BCUT2D eigenvalue weighted by molar-refractivity contribution is -0.384. The van der Waals surface area contributed by atoms with Gasteiger partial charge in [-0.1, -0.05) is 12.1 Å². The summed E-state index contributed by atoms with van der Waals surface area (Å²) in [4.78, 5) is 22.2. The fourth-order valence-corrected chi connectivity index (χ4v) is 4.04. The summed E-state index contributed by atoms with van der Waals surface area (Å²) in [6.45, 7) is 0.0168. The molecule has 1 N–H and O–H groups in total. The van der Waals surface area contributed by atoms with Crippen molar-refractivity contribution in [2.45, 2.75) is 17.0 Å². The third-order valence-corrected chi connectivity index (χ3v) is 6.28. The van der Waals surface area contributed by atoms with Crippen molar-refractivity contribution in [1.29, 1.82) is 0 Å². The van der Waals surface area contributed by atoms with Gasteiger partial charge in [-0.05, 0) is 29.8 Å². The Labute approximate surface area is 179 Å². The van der Waals surface area contributed by atoms with Crippen LogP contribution in [-0.4, -0.2) is 62.8 Å². The number of hydrogen-bond donors (Lipinski definition) is 1. The molecule has 0 aliphatic heterocycles. The number of hydrogen-bond acceptors (Lipinski definition) is 9. The number of nitrogens with zero attached hydrogens (tertiary/aromatic N) is 2. The van der Waals surface area contributed by atoms with Crippen molar-refractivity contribution in [3.63, 3.8) is 0 Å². The van der Waals surface area contributed by atoms with Crippen LogP contribution in [0.2, 0.25) is 0 Å². The van der Waals surface area contributed by atoms with Crippen molar-refractivity contribution in [2.24, 2.45) is 0 Å². The zero-order valence-corrected chi connectivity index (χ0v) is 17.8. The predicted octanol–water partition coefficient (Wildman–Crippen LogP) is 1.47. The largest absolute Gasteiger partial charge is 0.468 e. The first-order chi connectivity index (χ1) is 14.6. The van der Waals surface area contributed by atoms with Gasteiger partial charge in [-0.3, -0.25) is 14.9 Å². The molecule has 168 valence electrons. The number of carbonyl (C=O) groups excluding carboxylic acids is 1. The maximum Gasteiger partial charge on any atom is 0.327 e. The normalized spacial score (nSPS) is 13.5. The van der Waals surface area contributed by atoms with Crippen LogP contribution in [0.3, 0.4) is 0 Å². The highest BCUT2D eigenvalue weighted by molar-refractivity contribution is 7.89. The predicted molar refractivity (Wildman–Crippen MR) is 108 cm³/mol. The van der Waals surface area contributed by atoms with Crippen LogP contribution in [0.4, 0.5) is 5.69 Å². The number of aliphatic hydroxyl groups is 1. The van der Waals surface area contributed by atoms with Gasteiger partial charge in [0.15, 0.2) is 12.8 Å². The van der Waals surface area contributed by atoms with Crippen LogP contribution >= 0.6 is 0 Å². The highest BCUT2D eigenvalue weighted by Crippen LogP contribution is 2.28. The number of carbonyl (C=O) groups is 1. The van der Waals surface area contributed by atoms with E-state index >= 15 is 0 Å². The second kappa shape index (κ2) is 10.3. The Kier molecular flexibility index (Phi) is 8.05. The number of sulfonamides is 1. The van der Waals surface area contributed by atoms with E-state index < -0.39 is 33.1 Å². The van der Waals surface area contributed by atoms with E-state index in [0.717, 1.165) is 38.4 Å². The number of methoxy groups -OCH3 is 2. The van der Waals surface area contributed by atoms with Crippen molar-refractivity contribution in [2.75, 3.05) is 28.1 Å². The molecule has 0 fully saturated rings. The van der Waals surface area contributed by atoms with Crippen LogP contribution < -0.4 is 4.74 Å². The maximum absolute atomic E-state index is 13.0. The monoisotopic (exact) mass is 454 g/mol. The number of aliphatic hydroxyl groups excluding tert-OH is 1. The summed E-state index contributed by atoms with van der Waals surface area (Å²) in [5.41, 5.74) is -0.0483. The van der Waals surface area contributed by atoms with Crippen molar-refractivity contribution in [3.05, 3.63) is 64.2 Å². The van der Waals surface area contributed by atoms with E-state index in [9.17, 15) is 28.4 Å². The minimum atomic E-state index is -4.30. The molecule has 0 aliphatic rings. The number of ether oxygens (including phenoxy) is 3.